The fourth-order valence-corrected chi connectivity index (χ4v) is 1.64. The maximum atomic E-state index is 12.7. The molecule has 0 spiro atoms. The molecule has 72 valence electrons. The average molecular weight is 295 g/mol. The summed E-state index contributed by atoms with van der Waals surface area (Å²) in [5.41, 5.74) is 1.05. The van der Waals surface area contributed by atoms with Gasteiger partial charge < -0.3 is 10.4 Å². The first-order valence-electron chi connectivity index (χ1n) is 3.99. The molecule has 0 unspecified atom stereocenters. The van der Waals surface area contributed by atoms with Crippen LogP contribution in [0.5, 0.6) is 0 Å². The topological polar surface area (TPSA) is 32.3 Å². The van der Waals surface area contributed by atoms with Crippen LogP contribution in [0.4, 0.5) is 4.39 Å². The standard InChI is InChI=1S/C9H11FINO/c10-8-2-1-7(9(11)5-8)6-12-3-4-13/h1-2,5,12-13H,3-4,6H2. The summed E-state index contributed by atoms with van der Waals surface area (Å²) < 4.78 is 13.6. The Bertz CT molecular complexity index is 280. The van der Waals surface area contributed by atoms with Crippen LogP contribution in [0.1, 0.15) is 5.56 Å². The van der Waals surface area contributed by atoms with Crippen molar-refractivity contribution in [1.82, 2.24) is 5.32 Å². The lowest BCUT2D eigenvalue weighted by Gasteiger charge is -2.05. The van der Waals surface area contributed by atoms with Gasteiger partial charge in [0.15, 0.2) is 0 Å². The van der Waals surface area contributed by atoms with E-state index >= 15 is 0 Å². The molecule has 0 saturated carbocycles. The molecule has 0 fully saturated rings. The van der Waals surface area contributed by atoms with Crippen LogP contribution in [0.25, 0.3) is 0 Å². The van der Waals surface area contributed by atoms with Gasteiger partial charge in [-0.1, -0.05) is 6.07 Å². The molecule has 0 amide bonds. The molecule has 0 saturated heterocycles. The van der Waals surface area contributed by atoms with Crippen LogP contribution >= 0.6 is 22.6 Å². The number of halogens is 2. The predicted octanol–water partition coefficient (Wildman–Crippen LogP) is 1.51. The maximum absolute atomic E-state index is 12.7. The van der Waals surface area contributed by atoms with E-state index in [2.05, 4.69) is 27.9 Å². The highest BCUT2D eigenvalue weighted by atomic mass is 127. The Labute approximate surface area is 90.3 Å². The smallest absolute Gasteiger partial charge is 0.124 e. The fourth-order valence-electron chi connectivity index (χ4n) is 0.967. The zero-order valence-electron chi connectivity index (χ0n) is 7.06. The first-order valence-corrected chi connectivity index (χ1v) is 5.07. The Morgan fingerprint density at radius 2 is 2.23 bits per heavy atom. The second-order valence-electron chi connectivity index (χ2n) is 2.64. The van der Waals surface area contributed by atoms with Crippen molar-refractivity contribution in [3.63, 3.8) is 0 Å². The van der Waals surface area contributed by atoms with E-state index in [0.717, 1.165) is 9.13 Å². The number of hydrogen-bond acceptors (Lipinski definition) is 2. The Kier molecular flexibility index (Phi) is 4.61. The van der Waals surface area contributed by atoms with Crippen LogP contribution < -0.4 is 5.32 Å². The van der Waals surface area contributed by atoms with E-state index in [1.807, 2.05) is 0 Å². The molecule has 1 rings (SSSR count). The highest BCUT2D eigenvalue weighted by Crippen LogP contribution is 2.13. The molecule has 13 heavy (non-hydrogen) atoms. The Morgan fingerprint density at radius 3 is 2.85 bits per heavy atom. The van der Waals surface area contributed by atoms with Crippen LogP contribution in [0.3, 0.4) is 0 Å². The van der Waals surface area contributed by atoms with E-state index in [0.29, 0.717) is 13.1 Å². The van der Waals surface area contributed by atoms with Gasteiger partial charge in [0.2, 0.25) is 0 Å². The molecule has 1 aromatic rings. The molecule has 0 radical (unpaired) electrons. The van der Waals surface area contributed by atoms with Gasteiger partial charge in [0.1, 0.15) is 5.82 Å². The molecule has 1 aromatic carbocycles. The van der Waals surface area contributed by atoms with Crippen LogP contribution in [-0.2, 0) is 6.54 Å². The number of aliphatic hydroxyl groups excluding tert-OH is 1. The molecule has 0 aliphatic heterocycles. The van der Waals surface area contributed by atoms with Gasteiger partial charge in [0, 0.05) is 16.7 Å². The minimum Gasteiger partial charge on any atom is -0.395 e. The van der Waals surface area contributed by atoms with E-state index in [1.165, 1.54) is 12.1 Å². The molecule has 0 atom stereocenters. The number of benzene rings is 1. The van der Waals surface area contributed by atoms with Gasteiger partial charge in [0.25, 0.3) is 0 Å². The van der Waals surface area contributed by atoms with Gasteiger partial charge in [-0.2, -0.15) is 0 Å². The summed E-state index contributed by atoms with van der Waals surface area (Å²) >= 11 is 2.10. The lowest BCUT2D eigenvalue weighted by molar-refractivity contribution is 0.292. The van der Waals surface area contributed by atoms with Crippen molar-refractivity contribution < 1.29 is 9.50 Å². The Morgan fingerprint density at radius 1 is 1.46 bits per heavy atom. The van der Waals surface area contributed by atoms with E-state index in [1.54, 1.807) is 6.07 Å². The molecular formula is C9H11FINO. The summed E-state index contributed by atoms with van der Waals surface area (Å²) in [5.74, 6) is -0.213. The van der Waals surface area contributed by atoms with Crippen molar-refractivity contribution in [3.8, 4) is 0 Å². The fraction of sp³-hybridized carbons (Fsp3) is 0.333. The molecule has 0 heterocycles. The van der Waals surface area contributed by atoms with Gasteiger partial charge in [-0.25, -0.2) is 4.39 Å². The minimum atomic E-state index is -0.213. The Hall–Kier alpha value is -0.200. The molecule has 0 aromatic heterocycles. The lowest BCUT2D eigenvalue weighted by atomic mass is 10.2. The van der Waals surface area contributed by atoms with Crippen LogP contribution in [0, 0.1) is 9.39 Å². The molecule has 4 heteroatoms. The van der Waals surface area contributed by atoms with Gasteiger partial charge in [-0.15, -0.1) is 0 Å². The SMILES string of the molecule is OCCNCc1ccc(F)cc1I. The average Bonchev–Trinajstić information content (AvgIpc) is 2.09. The quantitative estimate of drug-likeness (QED) is 0.652. The van der Waals surface area contributed by atoms with Gasteiger partial charge in [0.05, 0.1) is 6.61 Å². The summed E-state index contributed by atoms with van der Waals surface area (Å²) in [7, 11) is 0. The minimum absolute atomic E-state index is 0.123. The number of nitrogens with one attached hydrogen (secondary N) is 1. The zero-order chi connectivity index (χ0) is 9.68. The van der Waals surface area contributed by atoms with Gasteiger partial charge in [-0.05, 0) is 40.3 Å². The van der Waals surface area contributed by atoms with Crippen molar-refractivity contribution >= 4 is 22.6 Å². The van der Waals surface area contributed by atoms with Crippen molar-refractivity contribution in [2.75, 3.05) is 13.2 Å². The highest BCUT2D eigenvalue weighted by molar-refractivity contribution is 14.1. The number of hydrogen-bond donors (Lipinski definition) is 2. The van der Waals surface area contributed by atoms with E-state index < -0.39 is 0 Å². The lowest BCUT2D eigenvalue weighted by Crippen LogP contribution is -2.18. The third kappa shape index (κ3) is 3.58. The summed E-state index contributed by atoms with van der Waals surface area (Å²) in [6, 6.07) is 4.69. The number of rotatable bonds is 4. The Balaban J connectivity index is 2.56. The van der Waals surface area contributed by atoms with Gasteiger partial charge >= 0.3 is 0 Å². The molecule has 0 bridgehead atoms. The zero-order valence-corrected chi connectivity index (χ0v) is 9.21. The van der Waals surface area contributed by atoms with Crippen molar-refractivity contribution in [3.05, 3.63) is 33.1 Å². The molecule has 2 N–H and O–H groups in total. The second-order valence-corrected chi connectivity index (χ2v) is 3.80. The summed E-state index contributed by atoms with van der Waals surface area (Å²) in [5, 5.41) is 11.6. The summed E-state index contributed by atoms with van der Waals surface area (Å²) in [6.07, 6.45) is 0. The van der Waals surface area contributed by atoms with Crippen LogP contribution in [0.2, 0.25) is 0 Å². The first kappa shape index (κ1) is 10.9. The van der Waals surface area contributed by atoms with Crippen molar-refractivity contribution in [1.29, 1.82) is 0 Å². The molecule has 0 aliphatic rings. The monoisotopic (exact) mass is 295 g/mol. The maximum Gasteiger partial charge on any atom is 0.124 e. The van der Waals surface area contributed by atoms with E-state index in [-0.39, 0.29) is 12.4 Å². The second kappa shape index (κ2) is 5.51. The predicted molar refractivity (Wildman–Crippen MR) is 57.9 cm³/mol. The third-order valence-electron chi connectivity index (χ3n) is 1.62. The summed E-state index contributed by atoms with van der Waals surface area (Å²) in [6.45, 7) is 1.35. The molecular weight excluding hydrogens is 284 g/mol. The normalized spacial score (nSPS) is 10.4. The largest absolute Gasteiger partial charge is 0.395 e. The number of aliphatic hydroxyl groups is 1. The summed E-state index contributed by atoms with van der Waals surface area (Å²) in [4.78, 5) is 0. The van der Waals surface area contributed by atoms with Crippen molar-refractivity contribution in [2.24, 2.45) is 0 Å². The highest BCUT2D eigenvalue weighted by Gasteiger charge is 1.99. The van der Waals surface area contributed by atoms with E-state index in [4.69, 9.17) is 5.11 Å². The van der Waals surface area contributed by atoms with Crippen LogP contribution in [-0.4, -0.2) is 18.3 Å². The first-order chi connectivity index (χ1) is 6.24. The van der Waals surface area contributed by atoms with Crippen molar-refractivity contribution in [2.45, 2.75) is 6.54 Å². The van der Waals surface area contributed by atoms with E-state index in [9.17, 15) is 4.39 Å². The third-order valence-corrected chi connectivity index (χ3v) is 2.62. The van der Waals surface area contributed by atoms with Crippen LogP contribution in [0.15, 0.2) is 18.2 Å². The van der Waals surface area contributed by atoms with Gasteiger partial charge in [-0.3, -0.25) is 0 Å². The molecule has 0 aliphatic carbocycles. The molecule has 2 nitrogen and oxygen atoms in total.